The molecule has 0 radical (unpaired) electrons. The van der Waals surface area contributed by atoms with Gasteiger partial charge in [-0.2, -0.15) is 0 Å². The lowest BCUT2D eigenvalue weighted by Crippen LogP contribution is -2.28. The minimum absolute atomic E-state index is 0.0412. The molecule has 0 aliphatic heterocycles. The Kier molecular flexibility index (Phi) is 7.39. The fourth-order valence-corrected chi connectivity index (χ4v) is 4.57. The average molecular weight is 507 g/mol. The molecule has 4 heterocycles. The first-order chi connectivity index (χ1) is 17.4. The van der Waals surface area contributed by atoms with Crippen molar-refractivity contribution in [3.8, 4) is 21.7 Å². The number of aryl methyl sites for hydroxylation is 2. The number of ether oxygens (including phenoxy) is 1. The number of nitrogens with zero attached hydrogens (tertiary/aromatic N) is 4. The Hall–Kier alpha value is -4.12. The summed E-state index contributed by atoms with van der Waals surface area (Å²) < 4.78 is 6.83. The first kappa shape index (κ1) is 25.0. The van der Waals surface area contributed by atoms with Gasteiger partial charge in [-0.3, -0.25) is 10.1 Å². The van der Waals surface area contributed by atoms with E-state index in [9.17, 15) is 14.4 Å². The molecule has 10 nitrogen and oxygen atoms in total. The molecule has 4 aromatic rings. The van der Waals surface area contributed by atoms with E-state index in [4.69, 9.17) is 4.74 Å². The molecule has 0 aliphatic carbocycles. The van der Waals surface area contributed by atoms with Crippen LogP contribution in [0.25, 0.3) is 32.7 Å². The second-order valence-corrected chi connectivity index (χ2v) is 8.73. The van der Waals surface area contributed by atoms with Crippen LogP contribution in [0.1, 0.15) is 36.8 Å². The molecular formula is C25H26N6O4S. The van der Waals surface area contributed by atoms with Gasteiger partial charge in [0, 0.05) is 59.4 Å². The summed E-state index contributed by atoms with van der Waals surface area (Å²) in [5.41, 5.74) is 2.88. The maximum Gasteiger partial charge on any atom is 0.343 e. The van der Waals surface area contributed by atoms with Crippen LogP contribution in [0.5, 0.6) is 0 Å². The standard InChI is InChI=1S/C25H26N6O4S/c1-5-26-25(34)30-20-9-16(23-29-14(4)13-36-23)18(11-27-20)15-8-17-21(32)19(24(33)35-7-3)12-31(6-2)22(17)28-10-15/h8-13H,5-7H2,1-4H3,(H2,26,27,30,34). The summed E-state index contributed by atoms with van der Waals surface area (Å²) in [7, 11) is 0. The number of aromatic nitrogens is 4. The molecule has 36 heavy (non-hydrogen) atoms. The number of carbonyl (C=O) groups excluding carboxylic acids is 2. The van der Waals surface area contributed by atoms with E-state index in [0.29, 0.717) is 41.1 Å². The Morgan fingerprint density at radius 3 is 2.58 bits per heavy atom. The molecule has 0 saturated carbocycles. The third kappa shape index (κ3) is 4.96. The summed E-state index contributed by atoms with van der Waals surface area (Å²) in [4.78, 5) is 51.3. The molecule has 0 atom stereocenters. The summed E-state index contributed by atoms with van der Waals surface area (Å²) in [5.74, 6) is -0.308. The van der Waals surface area contributed by atoms with Crippen LogP contribution in [-0.4, -0.2) is 44.7 Å². The highest BCUT2D eigenvalue weighted by molar-refractivity contribution is 7.13. The van der Waals surface area contributed by atoms with Crippen LogP contribution in [0.2, 0.25) is 0 Å². The number of fused-ring (bicyclic) bond motifs is 1. The second kappa shape index (κ2) is 10.6. The maximum atomic E-state index is 13.3. The van der Waals surface area contributed by atoms with Gasteiger partial charge >= 0.3 is 12.0 Å². The quantitative estimate of drug-likeness (QED) is 0.359. The van der Waals surface area contributed by atoms with Crippen LogP contribution in [0, 0.1) is 6.92 Å². The average Bonchev–Trinajstić information content (AvgIpc) is 3.30. The number of hydrogen-bond acceptors (Lipinski definition) is 8. The smallest absolute Gasteiger partial charge is 0.343 e. The highest BCUT2D eigenvalue weighted by atomic mass is 32.1. The minimum Gasteiger partial charge on any atom is -0.462 e. The molecule has 2 amide bonds. The number of urea groups is 1. The van der Waals surface area contributed by atoms with Crippen molar-refractivity contribution in [1.29, 1.82) is 0 Å². The summed E-state index contributed by atoms with van der Waals surface area (Å²) in [6.45, 7) is 8.48. The Labute approximate surface area is 211 Å². The van der Waals surface area contributed by atoms with Gasteiger partial charge in [0.1, 0.15) is 22.0 Å². The summed E-state index contributed by atoms with van der Waals surface area (Å²) in [5, 5.41) is 8.36. The summed E-state index contributed by atoms with van der Waals surface area (Å²) >= 11 is 1.46. The third-order valence-corrected chi connectivity index (χ3v) is 6.39. The van der Waals surface area contributed by atoms with Crippen molar-refractivity contribution in [2.45, 2.75) is 34.2 Å². The van der Waals surface area contributed by atoms with Gasteiger partial charge in [0.05, 0.1) is 12.0 Å². The molecule has 186 valence electrons. The fourth-order valence-electron chi connectivity index (χ4n) is 3.75. The van der Waals surface area contributed by atoms with E-state index in [-0.39, 0.29) is 18.2 Å². The zero-order valence-corrected chi connectivity index (χ0v) is 21.2. The molecule has 4 rings (SSSR count). The number of amides is 2. The van der Waals surface area contributed by atoms with Gasteiger partial charge in [0.25, 0.3) is 0 Å². The SMILES string of the molecule is CCNC(=O)Nc1cc(-c2nc(C)cs2)c(-c2cnc3c(c2)c(=O)c(C(=O)OCC)cn3CC)cn1. The van der Waals surface area contributed by atoms with Crippen molar-refractivity contribution in [2.24, 2.45) is 0 Å². The van der Waals surface area contributed by atoms with Gasteiger partial charge in [0.2, 0.25) is 5.43 Å². The van der Waals surface area contributed by atoms with E-state index in [1.807, 2.05) is 26.2 Å². The molecule has 0 aromatic carbocycles. The normalized spacial score (nSPS) is 10.9. The predicted octanol–water partition coefficient (Wildman–Crippen LogP) is 4.23. The van der Waals surface area contributed by atoms with Gasteiger partial charge in [-0.25, -0.2) is 24.5 Å². The first-order valence-corrected chi connectivity index (χ1v) is 12.4. The van der Waals surface area contributed by atoms with E-state index >= 15 is 0 Å². The van der Waals surface area contributed by atoms with Crippen LogP contribution in [-0.2, 0) is 11.3 Å². The van der Waals surface area contributed by atoms with Gasteiger partial charge in [0.15, 0.2) is 0 Å². The van der Waals surface area contributed by atoms with Gasteiger partial charge < -0.3 is 14.6 Å². The van der Waals surface area contributed by atoms with Crippen LogP contribution in [0.15, 0.2) is 40.9 Å². The Bertz CT molecular complexity index is 1510. The van der Waals surface area contributed by atoms with E-state index in [2.05, 4.69) is 25.6 Å². The Morgan fingerprint density at radius 1 is 1.11 bits per heavy atom. The number of thiazole rings is 1. The van der Waals surface area contributed by atoms with Gasteiger partial charge in [-0.15, -0.1) is 11.3 Å². The van der Waals surface area contributed by atoms with Crippen molar-refractivity contribution >= 4 is 40.2 Å². The van der Waals surface area contributed by atoms with E-state index in [0.717, 1.165) is 16.3 Å². The van der Waals surface area contributed by atoms with Crippen LogP contribution in [0.3, 0.4) is 0 Å². The third-order valence-electron chi connectivity index (χ3n) is 5.39. The highest BCUT2D eigenvalue weighted by Crippen LogP contribution is 2.35. The second-order valence-electron chi connectivity index (χ2n) is 7.87. The van der Waals surface area contributed by atoms with Crippen molar-refractivity contribution in [2.75, 3.05) is 18.5 Å². The Morgan fingerprint density at radius 2 is 1.92 bits per heavy atom. The molecule has 0 unspecified atom stereocenters. The lowest BCUT2D eigenvalue weighted by Gasteiger charge is -2.13. The lowest BCUT2D eigenvalue weighted by atomic mass is 10.0. The molecule has 0 spiro atoms. The number of rotatable bonds is 7. The zero-order chi connectivity index (χ0) is 25.8. The Balaban J connectivity index is 1.89. The number of hydrogen-bond donors (Lipinski definition) is 2. The van der Waals surface area contributed by atoms with Crippen molar-refractivity contribution in [1.82, 2.24) is 24.8 Å². The molecular weight excluding hydrogens is 480 g/mol. The van der Waals surface area contributed by atoms with Crippen LogP contribution >= 0.6 is 11.3 Å². The van der Waals surface area contributed by atoms with Crippen LogP contribution < -0.4 is 16.1 Å². The number of carbonyl (C=O) groups is 2. The molecule has 0 saturated heterocycles. The lowest BCUT2D eigenvalue weighted by molar-refractivity contribution is 0.0524. The monoisotopic (exact) mass is 506 g/mol. The maximum absolute atomic E-state index is 13.3. The van der Waals surface area contributed by atoms with Gasteiger partial charge in [-0.05, 0) is 39.8 Å². The fraction of sp³-hybridized carbons (Fsp3) is 0.280. The van der Waals surface area contributed by atoms with Crippen LogP contribution in [0.4, 0.5) is 10.6 Å². The highest BCUT2D eigenvalue weighted by Gasteiger charge is 2.19. The van der Waals surface area contributed by atoms with E-state index in [1.54, 1.807) is 36.0 Å². The number of esters is 1. The molecule has 0 aliphatic rings. The molecule has 0 fully saturated rings. The topological polar surface area (TPSA) is 128 Å². The number of nitrogens with one attached hydrogen (secondary N) is 2. The predicted molar refractivity (Wildman–Crippen MR) is 139 cm³/mol. The zero-order valence-electron chi connectivity index (χ0n) is 20.4. The molecule has 2 N–H and O–H groups in total. The molecule has 4 aromatic heterocycles. The first-order valence-electron chi connectivity index (χ1n) is 11.5. The summed E-state index contributed by atoms with van der Waals surface area (Å²) in [6.07, 6.45) is 4.77. The molecule has 11 heteroatoms. The summed E-state index contributed by atoms with van der Waals surface area (Å²) in [6, 6.07) is 3.09. The van der Waals surface area contributed by atoms with E-state index in [1.165, 1.54) is 17.5 Å². The van der Waals surface area contributed by atoms with Crippen molar-refractivity contribution in [3.05, 3.63) is 57.6 Å². The number of pyridine rings is 3. The van der Waals surface area contributed by atoms with E-state index < -0.39 is 11.4 Å². The number of anilines is 1. The van der Waals surface area contributed by atoms with Crippen molar-refractivity contribution < 1.29 is 14.3 Å². The van der Waals surface area contributed by atoms with Crippen molar-refractivity contribution in [3.63, 3.8) is 0 Å². The minimum atomic E-state index is -0.668. The largest absolute Gasteiger partial charge is 0.462 e. The molecule has 0 bridgehead atoms. The van der Waals surface area contributed by atoms with Gasteiger partial charge in [-0.1, -0.05) is 0 Å².